The minimum atomic E-state index is -1.05. The lowest BCUT2D eigenvalue weighted by Gasteiger charge is -2.43. The zero-order chi connectivity index (χ0) is 23.3. The second-order valence-corrected chi connectivity index (χ2v) is 8.91. The van der Waals surface area contributed by atoms with Crippen molar-refractivity contribution >= 4 is 17.7 Å². The van der Waals surface area contributed by atoms with Crippen LogP contribution in [-0.2, 0) is 17.9 Å². The van der Waals surface area contributed by atoms with Gasteiger partial charge in [-0.3, -0.25) is 14.4 Å². The molecule has 32 heavy (non-hydrogen) atoms. The van der Waals surface area contributed by atoms with Crippen molar-refractivity contribution in [1.82, 2.24) is 25.1 Å². The van der Waals surface area contributed by atoms with Crippen molar-refractivity contribution in [3.8, 4) is 0 Å². The molecule has 3 rings (SSSR count). The summed E-state index contributed by atoms with van der Waals surface area (Å²) < 4.78 is 1.63. The predicted molar refractivity (Wildman–Crippen MR) is 122 cm³/mol. The summed E-state index contributed by atoms with van der Waals surface area (Å²) in [6, 6.07) is 9.55. The van der Waals surface area contributed by atoms with E-state index in [1.54, 1.807) is 16.4 Å². The molecule has 2 heterocycles. The highest BCUT2D eigenvalue weighted by Crippen LogP contribution is 2.29. The molecule has 172 valence electrons. The number of hydrogen-bond donors (Lipinski definition) is 2. The van der Waals surface area contributed by atoms with Gasteiger partial charge in [-0.05, 0) is 31.2 Å². The number of imidazole rings is 1. The molecule has 1 atom stereocenters. The highest BCUT2D eigenvalue weighted by molar-refractivity contribution is 6.07. The van der Waals surface area contributed by atoms with Crippen LogP contribution in [-0.4, -0.2) is 50.8 Å². The maximum Gasteiger partial charge on any atom is 0.273 e. The SMILES string of the molecule is CCCN1C(=O)c2c(C(=O)NCc3ccccc3)ncn2C[C@]1(C)C(=O)NCCC(C)C. The van der Waals surface area contributed by atoms with Gasteiger partial charge in [-0.25, -0.2) is 4.98 Å². The molecule has 2 aromatic rings. The van der Waals surface area contributed by atoms with Gasteiger partial charge in [0.05, 0.1) is 12.9 Å². The van der Waals surface area contributed by atoms with Gasteiger partial charge in [-0.2, -0.15) is 0 Å². The minimum absolute atomic E-state index is 0.0919. The largest absolute Gasteiger partial charge is 0.354 e. The third-order valence-electron chi connectivity index (χ3n) is 5.81. The molecule has 8 heteroatoms. The minimum Gasteiger partial charge on any atom is -0.354 e. The molecule has 0 fully saturated rings. The first kappa shape index (κ1) is 23.5. The molecule has 0 aliphatic carbocycles. The van der Waals surface area contributed by atoms with Gasteiger partial charge in [0.15, 0.2) is 5.69 Å². The summed E-state index contributed by atoms with van der Waals surface area (Å²) in [6.45, 7) is 9.52. The highest BCUT2D eigenvalue weighted by atomic mass is 16.2. The van der Waals surface area contributed by atoms with Crippen LogP contribution < -0.4 is 10.6 Å². The Hall–Kier alpha value is -3.16. The standard InChI is InChI=1S/C24H33N5O3/c1-5-13-29-22(31)20-19(21(30)26-14-18-9-7-6-8-10-18)27-16-28(20)15-24(29,4)23(32)25-12-11-17(2)3/h6-10,16-17H,5,11-15H2,1-4H3,(H,25,32)(H,26,30)/t24-/m1/s1. The quantitative estimate of drug-likeness (QED) is 0.628. The number of amides is 3. The summed E-state index contributed by atoms with van der Waals surface area (Å²) in [5.41, 5.74) is 0.236. The zero-order valence-electron chi connectivity index (χ0n) is 19.4. The smallest absolute Gasteiger partial charge is 0.273 e. The summed E-state index contributed by atoms with van der Waals surface area (Å²) in [6.07, 6.45) is 3.05. The van der Waals surface area contributed by atoms with Crippen LogP contribution in [0.5, 0.6) is 0 Å². The molecule has 1 aromatic heterocycles. The first-order valence-electron chi connectivity index (χ1n) is 11.3. The number of benzene rings is 1. The lowest BCUT2D eigenvalue weighted by Crippen LogP contribution is -2.64. The number of carbonyl (C=O) groups is 3. The van der Waals surface area contributed by atoms with Crippen molar-refractivity contribution in [3.05, 3.63) is 53.6 Å². The Balaban J connectivity index is 1.82. The van der Waals surface area contributed by atoms with E-state index < -0.39 is 11.4 Å². The van der Waals surface area contributed by atoms with Crippen molar-refractivity contribution < 1.29 is 14.4 Å². The van der Waals surface area contributed by atoms with Gasteiger partial charge >= 0.3 is 0 Å². The summed E-state index contributed by atoms with van der Waals surface area (Å²) in [5.74, 6) is -0.464. The number of aromatic nitrogens is 2. The van der Waals surface area contributed by atoms with E-state index in [0.29, 0.717) is 32.0 Å². The third kappa shape index (κ3) is 4.84. The fourth-order valence-corrected chi connectivity index (χ4v) is 3.95. The van der Waals surface area contributed by atoms with Crippen LogP contribution in [0.1, 0.15) is 67.1 Å². The summed E-state index contributed by atoms with van der Waals surface area (Å²) >= 11 is 0. The van der Waals surface area contributed by atoms with Crippen LogP contribution in [0, 0.1) is 5.92 Å². The highest BCUT2D eigenvalue weighted by Gasteiger charge is 2.48. The molecule has 0 saturated carbocycles. The molecular weight excluding hydrogens is 406 g/mol. The van der Waals surface area contributed by atoms with E-state index in [1.807, 2.05) is 37.3 Å². The second kappa shape index (κ2) is 9.97. The lowest BCUT2D eigenvalue weighted by atomic mass is 9.93. The number of hydrogen-bond acceptors (Lipinski definition) is 4. The normalized spacial score (nSPS) is 17.9. The Labute approximate surface area is 189 Å². The van der Waals surface area contributed by atoms with Gasteiger partial charge < -0.3 is 20.1 Å². The van der Waals surface area contributed by atoms with E-state index in [0.717, 1.165) is 12.0 Å². The fraction of sp³-hybridized carbons (Fsp3) is 0.500. The van der Waals surface area contributed by atoms with Gasteiger partial charge in [0, 0.05) is 19.6 Å². The average molecular weight is 440 g/mol. The predicted octanol–water partition coefficient (Wildman–Crippen LogP) is 2.60. The van der Waals surface area contributed by atoms with Crippen LogP contribution in [0.4, 0.5) is 0 Å². The van der Waals surface area contributed by atoms with Gasteiger partial charge in [0.1, 0.15) is 11.2 Å². The van der Waals surface area contributed by atoms with Crippen molar-refractivity contribution in [2.45, 2.75) is 59.2 Å². The molecule has 1 aliphatic heterocycles. The topological polar surface area (TPSA) is 96.3 Å². The number of nitrogens with zero attached hydrogens (tertiary/aromatic N) is 3. The Morgan fingerprint density at radius 1 is 1.19 bits per heavy atom. The van der Waals surface area contributed by atoms with Crippen molar-refractivity contribution in [2.24, 2.45) is 5.92 Å². The molecular formula is C24H33N5O3. The van der Waals surface area contributed by atoms with Crippen LogP contribution in [0.15, 0.2) is 36.7 Å². The van der Waals surface area contributed by atoms with Gasteiger partial charge in [-0.1, -0.05) is 51.1 Å². The van der Waals surface area contributed by atoms with Crippen molar-refractivity contribution in [1.29, 1.82) is 0 Å². The van der Waals surface area contributed by atoms with Crippen LogP contribution >= 0.6 is 0 Å². The first-order valence-corrected chi connectivity index (χ1v) is 11.3. The lowest BCUT2D eigenvalue weighted by molar-refractivity contribution is -0.132. The zero-order valence-corrected chi connectivity index (χ0v) is 19.4. The van der Waals surface area contributed by atoms with Gasteiger partial charge in [0.25, 0.3) is 11.8 Å². The number of nitrogens with one attached hydrogen (secondary N) is 2. The van der Waals surface area contributed by atoms with Crippen molar-refractivity contribution in [2.75, 3.05) is 13.1 Å². The van der Waals surface area contributed by atoms with E-state index in [2.05, 4.69) is 29.5 Å². The molecule has 1 aliphatic rings. The number of fused-ring (bicyclic) bond motifs is 1. The summed E-state index contributed by atoms with van der Waals surface area (Å²) in [5, 5.41) is 5.82. The Kier molecular flexibility index (Phi) is 7.33. The number of rotatable bonds is 9. The summed E-state index contributed by atoms with van der Waals surface area (Å²) in [7, 11) is 0. The molecule has 0 bridgehead atoms. The van der Waals surface area contributed by atoms with E-state index >= 15 is 0 Å². The molecule has 0 unspecified atom stereocenters. The van der Waals surface area contributed by atoms with Gasteiger partial charge in [-0.15, -0.1) is 0 Å². The van der Waals surface area contributed by atoms with Crippen molar-refractivity contribution in [3.63, 3.8) is 0 Å². The molecule has 0 spiro atoms. The Bertz CT molecular complexity index is 969. The Morgan fingerprint density at radius 3 is 2.56 bits per heavy atom. The van der Waals surface area contributed by atoms with Gasteiger partial charge in [0.2, 0.25) is 5.91 Å². The monoisotopic (exact) mass is 439 g/mol. The van der Waals surface area contributed by atoms with Crippen LogP contribution in [0.25, 0.3) is 0 Å². The summed E-state index contributed by atoms with van der Waals surface area (Å²) in [4.78, 5) is 45.2. The average Bonchev–Trinajstić information content (AvgIpc) is 3.19. The van der Waals surface area contributed by atoms with Crippen LogP contribution in [0.2, 0.25) is 0 Å². The molecule has 1 aromatic carbocycles. The molecule has 8 nitrogen and oxygen atoms in total. The van der Waals surface area contributed by atoms with E-state index in [1.165, 1.54) is 6.33 Å². The maximum absolute atomic E-state index is 13.5. The first-order chi connectivity index (χ1) is 15.3. The molecule has 0 saturated heterocycles. The third-order valence-corrected chi connectivity index (χ3v) is 5.81. The maximum atomic E-state index is 13.5. The van der Waals surface area contributed by atoms with Crippen LogP contribution in [0.3, 0.4) is 0 Å². The Morgan fingerprint density at radius 2 is 1.91 bits per heavy atom. The molecule has 3 amide bonds. The molecule has 2 N–H and O–H groups in total. The second-order valence-electron chi connectivity index (χ2n) is 8.91. The molecule has 0 radical (unpaired) electrons. The number of carbonyl (C=O) groups excluding carboxylic acids is 3. The van der Waals surface area contributed by atoms with E-state index in [9.17, 15) is 14.4 Å². The fourth-order valence-electron chi connectivity index (χ4n) is 3.95. The van der Waals surface area contributed by atoms with E-state index in [4.69, 9.17) is 0 Å². The van der Waals surface area contributed by atoms with E-state index in [-0.39, 0.29) is 29.7 Å².